The van der Waals surface area contributed by atoms with Crippen LogP contribution in [-0.4, -0.2) is 13.1 Å². The maximum Gasteiger partial charge on any atom is 0.0408 e. The van der Waals surface area contributed by atoms with E-state index in [1.807, 2.05) is 0 Å². The molecule has 0 spiro atoms. The van der Waals surface area contributed by atoms with Gasteiger partial charge in [0.1, 0.15) is 0 Å². The van der Waals surface area contributed by atoms with Gasteiger partial charge in [-0.3, -0.25) is 0 Å². The number of fused-ring (bicyclic) bond motifs is 1. The molecule has 0 radical (unpaired) electrons. The van der Waals surface area contributed by atoms with Gasteiger partial charge in [0, 0.05) is 18.2 Å². The molecule has 0 bridgehead atoms. The average Bonchev–Trinajstić information content (AvgIpc) is 2.58. The predicted octanol–water partition coefficient (Wildman–Crippen LogP) is 2.11. The van der Waals surface area contributed by atoms with Gasteiger partial charge in [0.15, 0.2) is 0 Å². The lowest BCUT2D eigenvalue weighted by molar-refractivity contribution is 0.833. The molecule has 1 heterocycles. The Balaban J connectivity index is 2.25. The summed E-state index contributed by atoms with van der Waals surface area (Å²) in [6.45, 7) is 4.12. The first-order valence-corrected chi connectivity index (χ1v) is 5.38. The Morgan fingerprint density at radius 3 is 3.14 bits per heavy atom. The van der Waals surface area contributed by atoms with Crippen molar-refractivity contribution in [2.24, 2.45) is 5.73 Å². The Morgan fingerprint density at radius 1 is 1.50 bits per heavy atom. The molecule has 2 rings (SSSR count). The summed E-state index contributed by atoms with van der Waals surface area (Å²) in [5, 5.41) is 3.49. The monoisotopic (exact) mass is 190 g/mol. The molecule has 0 aliphatic carbocycles. The molecule has 1 atom stereocenters. The van der Waals surface area contributed by atoms with Crippen LogP contribution in [0.3, 0.4) is 0 Å². The zero-order valence-corrected chi connectivity index (χ0v) is 8.72. The Morgan fingerprint density at radius 2 is 2.36 bits per heavy atom. The van der Waals surface area contributed by atoms with E-state index in [0.717, 1.165) is 25.9 Å². The first-order valence-electron chi connectivity index (χ1n) is 5.38. The van der Waals surface area contributed by atoms with Crippen LogP contribution in [0.1, 0.15) is 30.4 Å². The summed E-state index contributed by atoms with van der Waals surface area (Å²) >= 11 is 0. The molecule has 2 nitrogen and oxygen atoms in total. The molecule has 14 heavy (non-hydrogen) atoms. The minimum atomic E-state index is 0.655. The van der Waals surface area contributed by atoms with E-state index >= 15 is 0 Å². The standard InChI is InChI=1S/C12H18N2/c1-9-8-14-12-10(5-3-7-13)4-2-6-11(9)12/h2,4,6,9,14H,3,5,7-8,13H2,1H3. The predicted molar refractivity (Wildman–Crippen MR) is 60.7 cm³/mol. The second-order valence-corrected chi connectivity index (χ2v) is 4.06. The van der Waals surface area contributed by atoms with Gasteiger partial charge in [-0.15, -0.1) is 0 Å². The summed E-state index contributed by atoms with van der Waals surface area (Å²) in [6, 6.07) is 6.60. The minimum absolute atomic E-state index is 0.655. The van der Waals surface area contributed by atoms with Gasteiger partial charge >= 0.3 is 0 Å². The fourth-order valence-corrected chi connectivity index (χ4v) is 2.11. The Labute approximate surface area is 85.5 Å². The van der Waals surface area contributed by atoms with E-state index in [0.29, 0.717) is 5.92 Å². The fraction of sp³-hybridized carbons (Fsp3) is 0.500. The van der Waals surface area contributed by atoms with Gasteiger partial charge in [0.05, 0.1) is 0 Å². The molecule has 0 fully saturated rings. The molecule has 0 aromatic heterocycles. The Kier molecular flexibility index (Phi) is 2.73. The number of rotatable bonds is 3. The number of nitrogens with one attached hydrogen (secondary N) is 1. The van der Waals surface area contributed by atoms with Crippen LogP contribution in [0.4, 0.5) is 5.69 Å². The molecule has 2 heteroatoms. The largest absolute Gasteiger partial charge is 0.384 e. The van der Waals surface area contributed by atoms with E-state index in [2.05, 4.69) is 30.4 Å². The van der Waals surface area contributed by atoms with Gasteiger partial charge < -0.3 is 11.1 Å². The van der Waals surface area contributed by atoms with Crippen molar-refractivity contribution in [3.63, 3.8) is 0 Å². The maximum atomic E-state index is 5.53. The zero-order valence-electron chi connectivity index (χ0n) is 8.72. The third-order valence-corrected chi connectivity index (χ3v) is 2.95. The SMILES string of the molecule is CC1CNc2c(CCCN)cccc21. The number of aryl methyl sites for hydroxylation is 1. The van der Waals surface area contributed by atoms with Crippen molar-refractivity contribution >= 4 is 5.69 Å². The van der Waals surface area contributed by atoms with Crippen molar-refractivity contribution in [1.82, 2.24) is 0 Å². The Hall–Kier alpha value is -1.02. The topological polar surface area (TPSA) is 38.0 Å². The molecule has 0 saturated carbocycles. The molecule has 0 amide bonds. The van der Waals surface area contributed by atoms with Crippen molar-refractivity contribution < 1.29 is 0 Å². The number of anilines is 1. The average molecular weight is 190 g/mol. The van der Waals surface area contributed by atoms with Crippen molar-refractivity contribution in [2.45, 2.75) is 25.7 Å². The van der Waals surface area contributed by atoms with Crippen LogP contribution in [0.5, 0.6) is 0 Å². The van der Waals surface area contributed by atoms with E-state index in [9.17, 15) is 0 Å². The molecule has 0 saturated heterocycles. The summed E-state index contributed by atoms with van der Waals surface area (Å²) in [7, 11) is 0. The van der Waals surface area contributed by atoms with Crippen LogP contribution in [0.2, 0.25) is 0 Å². The van der Waals surface area contributed by atoms with E-state index in [1.54, 1.807) is 0 Å². The third-order valence-electron chi connectivity index (χ3n) is 2.95. The van der Waals surface area contributed by atoms with E-state index in [1.165, 1.54) is 16.8 Å². The second kappa shape index (κ2) is 4.01. The normalized spacial score (nSPS) is 19.1. The molecular weight excluding hydrogens is 172 g/mol. The van der Waals surface area contributed by atoms with Crippen molar-refractivity contribution in [2.75, 3.05) is 18.4 Å². The smallest absolute Gasteiger partial charge is 0.0408 e. The molecule has 1 aliphatic rings. The highest BCUT2D eigenvalue weighted by atomic mass is 14.9. The number of nitrogens with two attached hydrogens (primary N) is 1. The van der Waals surface area contributed by atoms with Gasteiger partial charge in [-0.05, 0) is 30.5 Å². The van der Waals surface area contributed by atoms with Gasteiger partial charge in [-0.1, -0.05) is 25.1 Å². The van der Waals surface area contributed by atoms with E-state index < -0.39 is 0 Å². The summed E-state index contributed by atoms with van der Waals surface area (Å²) < 4.78 is 0. The van der Waals surface area contributed by atoms with Crippen LogP contribution in [0, 0.1) is 0 Å². The fourth-order valence-electron chi connectivity index (χ4n) is 2.11. The van der Waals surface area contributed by atoms with Crippen LogP contribution in [0.15, 0.2) is 18.2 Å². The van der Waals surface area contributed by atoms with Crippen molar-refractivity contribution in [3.8, 4) is 0 Å². The first-order chi connectivity index (χ1) is 6.83. The van der Waals surface area contributed by atoms with Gasteiger partial charge in [-0.25, -0.2) is 0 Å². The summed E-state index contributed by atoms with van der Waals surface area (Å²) in [4.78, 5) is 0. The molecule has 1 aliphatic heterocycles. The quantitative estimate of drug-likeness (QED) is 0.766. The second-order valence-electron chi connectivity index (χ2n) is 4.06. The van der Waals surface area contributed by atoms with Crippen molar-refractivity contribution in [1.29, 1.82) is 0 Å². The number of benzene rings is 1. The number of hydrogen-bond acceptors (Lipinski definition) is 2. The summed E-state index contributed by atoms with van der Waals surface area (Å²) in [6.07, 6.45) is 2.17. The highest BCUT2D eigenvalue weighted by Gasteiger charge is 2.19. The van der Waals surface area contributed by atoms with Crippen LogP contribution in [-0.2, 0) is 6.42 Å². The maximum absolute atomic E-state index is 5.53. The lowest BCUT2D eigenvalue weighted by Gasteiger charge is -2.08. The lowest BCUT2D eigenvalue weighted by Crippen LogP contribution is -2.02. The summed E-state index contributed by atoms with van der Waals surface area (Å²) in [5.41, 5.74) is 9.80. The molecular formula is C12H18N2. The van der Waals surface area contributed by atoms with Gasteiger partial charge in [0.2, 0.25) is 0 Å². The highest BCUT2D eigenvalue weighted by Crippen LogP contribution is 2.34. The van der Waals surface area contributed by atoms with Crippen molar-refractivity contribution in [3.05, 3.63) is 29.3 Å². The van der Waals surface area contributed by atoms with Crippen LogP contribution in [0.25, 0.3) is 0 Å². The van der Waals surface area contributed by atoms with Gasteiger partial charge in [0.25, 0.3) is 0 Å². The summed E-state index contributed by atoms with van der Waals surface area (Å²) in [5.74, 6) is 0.655. The van der Waals surface area contributed by atoms with E-state index in [4.69, 9.17) is 5.73 Å². The molecule has 3 N–H and O–H groups in total. The minimum Gasteiger partial charge on any atom is -0.384 e. The van der Waals surface area contributed by atoms with Crippen LogP contribution >= 0.6 is 0 Å². The molecule has 1 aromatic rings. The third kappa shape index (κ3) is 1.62. The van der Waals surface area contributed by atoms with Gasteiger partial charge in [-0.2, -0.15) is 0 Å². The number of para-hydroxylation sites is 1. The first kappa shape index (κ1) is 9.53. The zero-order chi connectivity index (χ0) is 9.97. The highest BCUT2D eigenvalue weighted by molar-refractivity contribution is 5.62. The molecule has 76 valence electrons. The lowest BCUT2D eigenvalue weighted by atomic mass is 9.99. The number of hydrogen-bond donors (Lipinski definition) is 2. The molecule has 1 unspecified atom stereocenters. The Bertz CT molecular complexity index is 320. The molecule has 1 aromatic carbocycles. The van der Waals surface area contributed by atoms with Crippen LogP contribution < -0.4 is 11.1 Å². The van der Waals surface area contributed by atoms with E-state index in [-0.39, 0.29) is 0 Å².